The molecule has 1 atom stereocenters. The van der Waals surface area contributed by atoms with E-state index in [1.54, 1.807) is 12.3 Å². The van der Waals surface area contributed by atoms with Gasteiger partial charge in [0, 0.05) is 22.5 Å². The van der Waals surface area contributed by atoms with Crippen molar-refractivity contribution in [1.29, 1.82) is 0 Å². The van der Waals surface area contributed by atoms with Crippen LogP contribution >= 0.6 is 0 Å². The second-order valence-corrected chi connectivity index (χ2v) is 7.00. The molecule has 2 heterocycles. The third kappa shape index (κ3) is 3.35. The maximum absolute atomic E-state index is 13.6. The molecule has 4 rings (SSSR count). The predicted octanol–water partition coefficient (Wildman–Crippen LogP) is 2.79. The summed E-state index contributed by atoms with van der Waals surface area (Å²) in [7, 11) is 1.50. The van der Waals surface area contributed by atoms with Crippen LogP contribution in [0.5, 0.6) is 0 Å². The number of oxime groups is 1. The number of nitrogens with two attached hydrogens (primary N) is 1. The second-order valence-electron chi connectivity index (χ2n) is 7.00. The summed E-state index contributed by atoms with van der Waals surface area (Å²) in [5.41, 5.74) is 10.4. The van der Waals surface area contributed by atoms with Crippen LogP contribution in [0.4, 0.5) is 4.39 Å². The van der Waals surface area contributed by atoms with Gasteiger partial charge in [-0.1, -0.05) is 17.3 Å². The lowest BCUT2D eigenvalue weighted by Gasteiger charge is -2.21. The molecule has 1 aromatic carbocycles. The van der Waals surface area contributed by atoms with Gasteiger partial charge < -0.3 is 15.1 Å². The number of primary amides is 1. The van der Waals surface area contributed by atoms with Crippen LogP contribution in [0.2, 0.25) is 0 Å². The molecule has 1 aliphatic carbocycles. The smallest absolute Gasteiger partial charge is 0.220 e. The Morgan fingerprint density at radius 3 is 3.04 bits per heavy atom. The van der Waals surface area contributed by atoms with Crippen LogP contribution in [0.25, 0.3) is 10.9 Å². The summed E-state index contributed by atoms with van der Waals surface area (Å²) >= 11 is 0. The summed E-state index contributed by atoms with van der Waals surface area (Å²) < 4.78 is 15.7. The van der Waals surface area contributed by atoms with E-state index in [4.69, 9.17) is 10.6 Å². The second kappa shape index (κ2) is 7.42. The molecule has 7 heteroatoms. The maximum atomic E-state index is 13.6. The number of halogens is 1. The highest BCUT2D eigenvalue weighted by molar-refractivity contribution is 5.93. The monoisotopic (exact) mass is 380 g/mol. The van der Waals surface area contributed by atoms with Gasteiger partial charge in [-0.05, 0) is 54.7 Å². The van der Waals surface area contributed by atoms with Crippen LogP contribution in [0.1, 0.15) is 28.9 Å². The first-order valence-corrected chi connectivity index (χ1v) is 9.18. The van der Waals surface area contributed by atoms with Gasteiger partial charge in [-0.25, -0.2) is 4.98 Å². The fraction of sp³-hybridized carbons (Fsp3) is 0.286. The number of hydrogen-bond acceptors (Lipinski definition) is 4. The largest absolute Gasteiger partial charge is 0.399 e. The zero-order valence-electron chi connectivity index (χ0n) is 15.6. The highest BCUT2D eigenvalue weighted by atomic mass is 19.1. The van der Waals surface area contributed by atoms with E-state index in [1.165, 1.54) is 13.2 Å². The SMILES string of the molecule is CON=Cc1ccc2c(c1)c1c(n2Cc2cccc(F)n2)CCC(C(N)=O)C1. The van der Waals surface area contributed by atoms with E-state index in [9.17, 15) is 9.18 Å². The zero-order valence-corrected chi connectivity index (χ0v) is 15.6. The summed E-state index contributed by atoms with van der Waals surface area (Å²) in [5, 5.41) is 4.88. The molecule has 0 aliphatic heterocycles. The molecule has 3 aromatic rings. The molecule has 6 nitrogen and oxygen atoms in total. The van der Waals surface area contributed by atoms with Crippen LogP contribution < -0.4 is 5.73 Å². The summed E-state index contributed by atoms with van der Waals surface area (Å²) in [6.45, 7) is 0.469. The number of carbonyl (C=O) groups excluding carboxylic acids is 1. The first-order chi connectivity index (χ1) is 13.6. The Hall–Kier alpha value is -3.22. The number of nitrogens with zero attached hydrogens (tertiary/aromatic N) is 3. The van der Waals surface area contributed by atoms with Gasteiger partial charge in [-0.15, -0.1) is 0 Å². The van der Waals surface area contributed by atoms with Crippen molar-refractivity contribution in [2.45, 2.75) is 25.8 Å². The van der Waals surface area contributed by atoms with Crippen LogP contribution in [-0.2, 0) is 29.0 Å². The van der Waals surface area contributed by atoms with Crippen molar-refractivity contribution in [2.24, 2.45) is 16.8 Å². The lowest BCUT2D eigenvalue weighted by atomic mass is 9.86. The normalized spacial score (nSPS) is 16.4. The van der Waals surface area contributed by atoms with Crippen molar-refractivity contribution in [2.75, 3.05) is 7.11 Å². The quantitative estimate of drug-likeness (QED) is 0.420. The first kappa shape index (κ1) is 18.2. The van der Waals surface area contributed by atoms with E-state index >= 15 is 0 Å². The van der Waals surface area contributed by atoms with Gasteiger partial charge >= 0.3 is 0 Å². The van der Waals surface area contributed by atoms with Crippen molar-refractivity contribution in [3.63, 3.8) is 0 Å². The number of benzene rings is 1. The molecule has 1 amide bonds. The van der Waals surface area contributed by atoms with Crippen molar-refractivity contribution in [3.8, 4) is 0 Å². The summed E-state index contributed by atoms with van der Waals surface area (Å²) in [5.74, 6) is -0.930. The minimum absolute atomic E-state index is 0.171. The Morgan fingerprint density at radius 1 is 1.43 bits per heavy atom. The molecule has 144 valence electrons. The third-order valence-corrected chi connectivity index (χ3v) is 5.29. The molecule has 2 aromatic heterocycles. The topological polar surface area (TPSA) is 82.5 Å². The Bertz CT molecular complexity index is 1070. The van der Waals surface area contributed by atoms with Gasteiger partial charge in [0.1, 0.15) is 7.11 Å². The lowest BCUT2D eigenvalue weighted by Crippen LogP contribution is -2.29. The third-order valence-electron chi connectivity index (χ3n) is 5.29. The molecule has 1 unspecified atom stereocenters. The standard InChI is InChI=1S/C21H21FN4O2/c1-28-24-11-13-5-7-18-16(9-13)17-10-14(21(23)27)6-8-19(17)26(18)12-15-3-2-4-20(22)25-15/h2-5,7,9,11,14H,6,8,10,12H2,1H3,(H2,23,27). The number of pyridine rings is 1. The van der Waals surface area contributed by atoms with Crippen molar-refractivity contribution in [1.82, 2.24) is 9.55 Å². The predicted molar refractivity (Wildman–Crippen MR) is 105 cm³/mol. The number of carbonyl (C=O) groups is 1. The molecule has 1 aliphatic rings. The van der Waals surface area contributed by atoms with E-state index in [0.29, 0.717) is 25.1 Å². The molecular formula is C21H21FN4O2. The maximum Gasteiger partial charge on any atom is 0.220 e. The average molecular weight is 380 g/mol. The fourth-order valence-corrected chi connectivity index (χ4v) is 3.99. The minimum atomic E-state index is -0.491. The molecule has 0 saturated carbocycles. The van der Waals surface area contributed by atoms with E-state index in [0.717, 1.165) is 34.1 Å². The van der Waals surface area contributed by atoms with E-state index in [2.05, 4.69) is 14.7 Å². The molecular weight excluding hydrogens is 359 g/mol. The molecule has 0 bridgehead atoms. The molecule has 0 saturated heterocycles. The number of hydrogen-bond donors (Lipinski definition) is 1. The zero-order chi connectivity index (χ0) is 19.7. The van der Waals surface area contributed by atoms with Gasteiger partial charge in [0.05, 0.1) is 18.5 Å². The number of aromatic nitrogens is 2. The first-order valence-electron chi connectivity index (χ1n) is 9.18. The summed E-state index contributed by atoms with van der Waals surface area (Å²) in [6, 6.07) is 10.8. The van der Waals surface area contributed by atoms with Gasteiger partial charge in [-0.3, -0.25) is 4.79 Å². The number of amides is 1. The van der Waals surface area contributed by atoms with Crippen molar-refractivity contribution < 1.29 is 14.0 Å². The van der Waals surface area contributed by atoms with Gasteiger partial charge in [0.2, 0.25) is 11.9 Å². The number of rotatable bonds is 5. The van der Waals surface area contributed by atoms with E-state index in [1.807, 2.05) is 24.3 Å². The molecule has 0 spiro atoms. The number of fused-ring (bicyclic) bond motifs is 3. The summed E-state index contributed by atoms with van der Waals surface area (Å²) in [6.07, 6.45) is 3.71. The highest BCUT2D eigenvalue weighted by Gasteiger charge is 2.28. The Labute approximate surface area is 161 Å². The molecule has 0 fully saturated rings. The van der Waals surface area contributed by atoms with Gasteiger partial charge in [-0.2, -0.15) is 4.39 Å². The van der Waals surface area contributed by atoms with Gasteiger partial charge in [0.15, 0.2) is 0 Å². The van der Waals surface area contributed by atoms with E-state index in [-0.39, 0.29) is 11.8 Å². The fourth-order valence-electron chi connectivity index (χ4n) is 3.99. The van der Waals surface area contributed by atoms with Crippen LogP contribution in [0, 0.1) is 11.9 Å². The minimum Gasteiger partial charge on any atom is -0.399 e. The molecule has 0 radical (unpaired) electrons. The highest BCUT2D eigenvalue weighted by Crippen LogP contribution is 2.35. The van der Waals surface area contributed by atoms with E-state index < -0.39 is 5.95 Å². The Kier molecular flexibility index (Phi) is 4.81. The summed E-state index contributed by atoms with van der Waals surface area (Å²) in [4.78, 5) is 20.5. The van der Waals surface area contributed by atoms with Crippen LogP contribution in [-0.4, -0.2) is 28.8 Å². The van der Waals surface area contributed by atoms with Crippen LogP contribution in [0.15, 0.2) is 41.6 Å². The Balaban J connectivity index is 1.84. The van der Waals surface area contributed by atoms with Gasteiger partial charge in [0.25, 0.3) is 0 Å². The molecule has 28 heavy (non-hydrogen) atoms. The van der Waals surface area contributed by atoms with Crippen molar-refractivity contribution in [3.05, 3.63) is 64.9 Å². The average Bonchev–Trinajstić information content (AvgIpc) is 2.99. The lowest BCUT2D eigenvalue weighted by molar-refractivity contribution is -0.122. The molecule has 2 N–H and O–H groups in total. The van der Waals surface area contributed by atoms with Crippen LogP contribution in [0.3, 0.4) is 0 Å². The Morgan fingerprint density at radius 2 is 2.29 bits per heavy atom. The van der Waals surface area contributed by atoms with Crippen molar-refractivity contribution >= 4 is 23.0 Å².